The zero-order valence-corrected chi connectivity index (χ0v) is 15.8. The fourth-order valence-electron chi connectivity index (χ4n) is 3.23. The molecule has 2 aliphatic rings. The molecule has 1 N–H and O–H groups in total. The number of piperidine rings is 1. The highest BCUT2D eigenvalue weighted by Crippen LogP contribution is 2.26. The van der Waals surface area contributed by atoms with Crippen molar-refractivity contribution < 1.29 is 17.6 Å². The van der Waals surface area contributed by atoms with Gasteiger partial charge in [0.25, 0.3) is 0 Å². The lowest BCUT2D eigenvalue weighted by molar-refractivity contribution is -0.135. The summed E-state index contributed by atoms with van der Waals surface area (Å²) in [6.45, 7) is 2.13. The quantitative estimate of drug-likeness (QED) is 0.817. The van der Waals surface area contributed by atoms with E-state index >= 15 is 0 Å². The first-order valence-electron chi connectivity index (χ1n) is 7.84. The third-order valence-electron chi connectivity index (χ3n) is 4.40. The molecule has 0 radical (unpaired) electrons. The van der Waals surface area contributed by atoms with Crippen molar-refractivity contribution in [1.82, 2.24) is 14.5 Å². The number of carbonyl (C=O) groups excluding carboxylic acids is 1. The molecular weight excluding hydrogens is 392 g/mol. The van der Waals surface area contributed by atoms with Gasteiger partial charge in [-0.3, -0.25) is 4.79 Å². The normalized spacial score (nSPS) is 22.6. The van der Waals surface area contributed by atoms with Gasteiger partial charge in [-0.1, -0.05) is 11.6 Å². The van der Waals surface area contributed by atoms with Crippen LogP contribution in [-0.4, -0.2) is 62.3 Å². The van der Waals surface area contributed by atoms with E-state index in [9.17, 15) is 17.6 Å². The number of hydrogen-bond acceptors (Lipinski definition) is 4. The second-order valence-electron chi connectivity index (χ2n) is 6.03. The first-order valence-corrected chi connectivity index (χ1v) is 9.66. The fraction of sp³-hybridized carbons (Fsp3) is 0.533. The van der Waals surface area contributed by atoms with Crippen LogP contribution in [0.5, 0.6) is 0 Å². The van der Waals surface area contributed by atoms with Crippen molar-refractivity contribution in [2.24, 2.45) is 0 Å². The van der Waals surface area contributed by atoms with Crippen LogP contribution in [0.1, 0.15) is 12.8 Å². The van der Waals surface area contributed by atoms with E-state index in [0.717, 1.165) is 18.6 Å². The molecule has 1 amide bonds. The molecule has 0 saturated carbocycles. The number of sulfonamides is 1. The number of nitrogens with zero attached hydrogens (tertiary/aromatic N) is 2. The summed E-state index contributed by atoms with van der Waals surface area (Å²) in [7, 11) is -3.84. The summed E-state index contributed by atoms with van der Waals surface area (Å²) in [4.78, 5) is 13.6. The zero-order chi connectivity index (χ0) is 17.3. The lowest BCUT2D eigenvalue weighted by Gasteiger charge is -2.40. The van der Waals surface area contributed by atoms with Gasteiger partial charge in [0, 0.05) is 37.2 Å². The maximum Gasteiger partial charge on any atom is 0.243 e. The molecule has 25 heavy (non-hydrogen) atoms. The van der Waals surface area contributed by atoms with Gasteiger partial charge in [0.2, 0.25) is 15.9 Å². The van der Waals surface area contributed by atoms with E-state index < -0.39 is 15.8 Å². The van der Waals surface area contributed by atoms with Crippen LogP contribution in [0, 0.1) is 5.82 Å². The van der Waals surface area contributed by atoms with Crippen molar-refractivity contribution >= 4 is 39.9 Å². The summed E-state index contributed by atoms with van der Waals surface area (Å²) < 4.78 is 40.4. The lowest BCUT2D eigenvalue weighted by Crippen LogP contribution is -2.57. The fourth-order valence-corrected chi connectivity index (χ4v) is 5.09. The molecule has 140 valence electrons. The van der Waals surface area contributed by atoms with Crippen LogP contribution in [0.4, 0.5) is 4.39 Å². The highest BCUT2D eigenvalue weighted by molar-refractivity contribution is 7.89. The molecule has 1 atom stereocenters. The average molecular weight is 412 g/mol. The van der Waals surface area contributed by atoms with Crippen molar-refractivity contribution in [3.05, 3.63) is 29.0 Å². The molecule has 0 aliphatic carbocycles. The van der Waals surface area contributed by atoms with Crippen molar-refractivity contribution in [2.45, 2.75) is 23.8 Å². The summed E-state index contributed by atoms with van der Waals surface area (Å²) in [6, 6.07) is 3.14. The van der Waals surface area contributed by atoms with Crippen LogP contribution in [0.2, 0.25) is 5.02 Å². The van der Waals surface area contributed by atoms with E-state index in [4.69, 9.17) is 11.6 Å². The molecule has 2 aliphatic heterocycles. The lowest BCUT2D eigenvalue weighted by atomic mass is 10.1. The maximum atomic E-state index is 13.5. The Kier molecular flexibility index (Phi) is 6.67. The minimum Gasteiger partial charge on any atom is -0.336 e. The second kappa shape index (κ2) is 8.18. The van der Waals surface area contributed by atoms with Crippen molar-refractivity contribution in [1.29, 1.82) is 0 Å². The monoisotopic (exact) mass is 411 g/mol. The van der Waals surface area contributed by atoms with E-state index in [1.54, 1.807) is 4.90 Å². The van der Waals surface area contributed by atoms with Gasteiger partial charge in [-0.05, 0) is 31.0 Å². The van der Waals surface area contributed by atoms with Gasteiger partial charge >= 0.3 is 0 Å². The number of hydrogen-bond donors (Lipinski definition) is 1. The van der Waals surface area contributed by atoms with E-state index in [0.29, 0.717) is 26.1 Å². The molecule has 6 nitrogen and oxygen atoms in total. The van der Waals surface area contributed by atoms with Crippen molar-refractivity contribution in [2.75, 3.05) is 32.7 Å². The number of piperazine rings is 1. The standard InChI is InChI=1S/C15H19ClFN3O3S.ClH/c16-11-6-12(17)8-14(7-11)24(22,23)19-4-1-2-13(10-19)20-5-3-18-9-15(20)21;/h6-8,13,18H,1-5,9-10H2;1H. The summed E-state index contributed by atoms with van der Waals surface area (Å²) >= 11 is 5.78. The molecule has 1 unspecified atom stereocenters. The van der Waals surface area contributed by atoms with Crippen LogP contribution in [0.25, 0.3) is 0 Å². The predicted molar refractivity (Wildman–Crippen MR) is 95.0 cm³/mol. The van der Waals surface area contributed by atoms with E-state index in [1.807, 2.05) is 0 Å². The Morgan fingerprint density at radius 2 is 2.00 bits per heavy atom. The molecule has 0 spiro atoms. The first kappa shape index (κ1) is 20.4. The Balaban J connectivity index is 0.00000225. The van der Waals surface area contributed by atoms with Crippen LogP contribution < -0.4 is 5.32 Å². The molecule has 1 aromatic carbocycles. The van der Waals surface area contributed by atoms with Crippen molar-refractivity contribution in [3.63, 3.8) is 0 Å². The summed E-state index contributed by atoms with van der Waals surface area (Å²) in [6.07, 6.45) is 1.42. The molecule has 0 aromatic heterocycles. The molecule has 2 heterocycles. The third kappa shape index (κ3) is 4.43. The highest BCUT2D eigenvalue weighted by atomic mass is 35.5. The Hall–Kier alpha value is -0.930. The Morgan fingerprint density at radius 3 is 2.68 bits per heavy atom. The molecule has 2 saturated heterocycles. The second-order valence-corrected chi connectivity index (χ2v) is 8.40. The number of nitrogens with one attached hydrogen (secondary N) is 1. The summed E-state index contributed by atoms with van der Waals surface area (Å²) in [5.41, 5.74) is 0. The van der Waals surface area contributed by atoms with Gasteiger partial charge in [0.15, 0.2) is 0 Å². The van der Waals surface area contributed by atoms with Gasteiger partial charge < -0.3 is 10.2 Å². The molecule has 0 bridgehead atoms. The molecular formula is C15H20Cl2FN3O3S. The summed E-state index contributed by atoms with van der Waals surface area (Å²) in [5, 5.41) is 3.05. The van der Waals surface area contributed by atoms with Crippen LogP contribution in [0.15, 0.2) is 23.1 Å². The topological polar surface area (TPSA) is 69.7 Å². The molecule has 3 rings (SSSR count). The van der Waals surface area contributed by atoms with Gasteiger partial charge in [-0.2, -0.15) is 4.31 Å². The third-order valence-corrected chi connectivity index (χ3v) is 6.46. The van der Waals surface area contributed by atoms with Gasteiger partial charge in [-0.25, -0.2) is 12.8 Å². The predicted octanol–water partition coefficient (Wildman–Crippen LogP) is 1.49. The van der Waals surface area contributed by atoms with Gasteiger partial charge in [0.1, 0.15) is 5.82 Å². The van der Waals surface area contributed by atoms with E-state index in [2.05, 4.69) is 5.32 Å². The van der Waals surface area contributed by atoms with E-state index in [-0.39, 0.29) is 47.4 Å². The summed E-state index contributed by atoms with van der Waals surface area (Å²) in [5.74, 6) is -0.703. The Labute approximate surface area is 157 Å². The largest absolute Gasteiger partial charge is 0.336 e. The number of rotatable bonds is 3. The van der Waals surface area contributed by atoms with Crippen LogP contribution in [0.3, 0.4) is 0 Å². The minimum absolute atomic E-state index is 0. The number of amides is 1. The maximum absolute atomic E-state index is 13.5. The average Bonchev–Trinajstić information content (AvgIpc) is 2.54. The molecule has 10 heteroatoms. The first-order chi connectivity index (χ1) is 11.4. The minimum atomic E-state index is -3.84. The van der Waals surface area contributed by atoms with Crippen LogP contribution >= 0.6 is 24.0 Å². The van der Waals surface area contributed by atoms with E-state index in [1.165, 1.54) is 10.4 Å². The van der Waals surface area contributed by atoms with Gasteiger partial charge in [-0.15, -0.1) is 12.4 Å². The molecule has 1 aromatic rings. The highest BCUT2D eigenvalue weighted by Gasteiger charge is 2.35. The molecule has 2 fully saturated rings. The zero-order valence-electron chi connectivity index (χ0n) is 13.5. The number of halogens is 3. The Morgan fingerprint density at radius 1 is 1.24 bits per heavy atom. The smallest absolute Gasteiger partial charge is 0.243 e. The number of carbonyl (C=O) groups is 1. The van der Waals surface area contributed by atoms with Crippen molar-refractivity contribution in [3.8, 4) is 0 Å². The van der Waals surface area contributed by atoms with Gasteiger partial charge in [0.05, 0.1) is 11.4 Å². The van der Waals surface area contributed by atoms with Crippen LogP contribution in [-0.2, 0) is 14.8 Å². The number of benzene rings is 1. The SMILES string of the molecule is Cl.O=C1CNCCN1C1CCCN(S(=O)(=O)c2cc(F)cc(Cl)c2)C1. The Bertz CT molecular complexity index is 727.